The second-order valence-electron chi connectivity index (χ2n) is 8.58. The molecular formula is C25H39ClN3OP. The van der Waals surface area contributed by atoms with Gasteiger partial charge in [-0.25, -0.2) is 0 Å². The van der Waals surface area contributed by atoms with Crippen molar-refractivity contribution >= 4 is 24.0 Å². The van der Waals surface area contributed by atoms with E-state index in [-0.39, 0.29) is 11.9 Å². The SMILES string of the molecule is CCCCNP1(NCCCC)(C(N)CCC)O[C@@H](c2ccc(Cl)cc2)c2ccccc21. The molecule has 2 aromatic carbocycles. The third-order valence-electron chi connectivity index (χ3n) is 6.32. The van der Waals surface area contributed by atoms with Gasteiger partial charge >= 0.3 is 193 Å². The zero-order valence-corrected chi connectivity index (χ0v) is 20.9. The number of hydrogen-bond donors (Lipinski definition) is 3. The van der Waals surface area contributed by atoms with Crippen molar-refractivity contribution in [3.63, 3.8) is 0 Å². The summed E-state index contributed by atoms with van der Waals surface area (Å²) < 4.78 is 7.28. The quantitative estimate of drug-likeness (QED) is 0.257. The number of nitrogens with one attached hydrogen (secondary N) is 2. The Kier molecular flexibility index (Phi) is 8.54. The maximum absolute atomic E-state index is 7.28. The van der Waals surface area contributed by atoms with E-state index in [0.29, 0.717) is 0 Å². The molecule has 0 aromatic heterocycles. The van der Waals surface area contributed by atoms with Crippen LogP contribution in [-0.4, -0.2) is 18.9 Å². The van der Waals surface area contributed by atoms with Gasteiger partial charge in [-0.3, -0.25) is 0 Å². The Balaban J connectivity index is 2.18. The minimum absolute atomic E-state index is 0.122. The van der Waals surface area contributed by atoms with Crippen LogP contribution in [0.4, 0.5) is 0 Å². The van der Waals surface area contributed by atoms with Crippen molar-refractivity contribution in [1.82, 2.24) is 10.2 Å². The minimum atomic E-state index is -3.33. The summed E-state index contributed by atoms with van der Waals surface area (Å²) >= 11 is 6.19. The Morgan fingerprint density at radius 3 is 2.13 bits per heavy atom. The van der Waals surface area contributed by atoms with Gasteiger partial charge in [0.15, 0.2) is 0 Å². The number of rotatable bonds is 12. The summed E-state index contributed by atoms with van der Waals surface area (Å²) in [4.78, 5) is 0. The summed E-state index contributed by atoms with van der Waals surface area (Å²) in [5.41, 5.74) is 9.41. The number of fused-ring (bicyclic) bond motifs is 1. The van der Waals surface area contributed by atoms with E-state index in [1.807, 2.05) is 12.1 Å². The van der Waals surface area contributed by atoms with E-state index in [2.05, 4.69) is 67.3 Å². The maximum atomic E-state index is 7.28. The molecule has 1 unspecified atom stereocenters. The first kappa shape index (κ1) is 24.6. The van der Waals surface area contributed by atoms with E-state index >= 15 is 0 Å². The number of benzene rings is 2. The van der Waals surface area contributed by atoms with Gasteiger partial charge in [0.05, 0.1) is 0 Å². The molecule has 4 nitrogen and oxygen atoms in total. The number of unbranched alkanes of at least 4 members (excludes halogenated alkanes) is 2. The molecule has 172 valence electrons. The molecule has 0 amide bonds. The van der Waals surface area contributed by atoms with Crippen molar-refractivity contribution in [1.29, 1.82) is 0 Å². The molecule has 4 N–H and O–H groups in total. The van der Waals surface area contributed by atoms with Crippen LogP contribution in [0.2, 0.25) is 5.02 Å². The third kappa shape index (κ3) is 4.71. The van der Waals surface area contributed by atoms with Crippen LogP contribution in [0.15, 0.2) is 48.5 Å². The van der Waals surface area contributed by atoms with E-state index in [0.717, 1.165) is 62.2 Å². The average molecular weight is 464 g/mol. The normalized spacial score (nSPS) is 21.2. The van der Waals surface area contributed by atoms with Gasteiger partial charge in [-0.2, -0.15) is 0 Å². The van der Waals surface area contributed by atoms with Crippen molar-refractivity contribution in [2.24, 2.45) is 5.73 Å². The van der Waals surface area contributed by atoms with E-state index < -0.39 is 7.13 Å². The number of nitrogens with two attached hydrogens (primary N) is 1. The molecule has 0 radical (unpaired) electrons. The van der Waals surface area contributed by atoms with Crippen LogP contribution in [0.25, 0.3) is 0 Å². The zero-order chi connectivity index (χ0) is 22.3. The van der Waals surface area contributed by atoms with Gasteiger partial charge in [0, 0.05) is 0 Å². The molecule has 2 atom stereocenters. The summed E-state index contributed by atoms with van der Waals surface area (Å²) in [7, 11) is -3.33. The molecule has 0 spiro atoms. The summed E-state index contributed by atoms with van der Waals surface area (Å²) in [6.07, 6.45) is 6.17. The van der Waals surface area contributed by atoms with Crippen molar-refractivity contribution in [2.75, 3.05) is 13.1 Å². The van der Waals surface area contributed by atoms with E-state index in [1.54, 1.807) is 0 Å². The van der Waals surface area contributed by atoms with E-state index in [9.17, 15) is 0 Å². The van der Waals surface area contributed by atoms with Gasteiger partial charge in [-0.1, -0.05) is 0 Å². The van der Waals surface area contributed by atoms with Gasteiger partial charge in [-0.05, 0) is 0 Å². The topological polar surface area (TPSA) is 59.3 Å². The Morgan fingerprint density at radius 1 is 0.935 bits per heavy atom. The van der Waals surface area contributed by atoms with Gasteiger partial charge < -0.3 is 0 Å². The number of halogens is 1. The van der Waals surface area contributed by atoms with Crippen molar-refractivity contribution in [3.8, 4) is 0 Å². The van der Waals surface area contributed by atoms with Crippen LogP contribution < -0.4 is 21.2 Å². The summed E-state index contributed by atoms with van der Waals surface area (Å²) in [6, 6.07) is 16.7. The van der Waals surface area contributed by atoms with Gasteiger partial charge in [0.2, 0.25) is 0 Å². The Labute approximate surface area is 193 Å². The zero-order valence-electron chi connectivity index (χ0n) is 19.2. The molecule has 0 saturated heterocycles. The van der Waals surface area contributed by atoms with Crippen LogP contribution in [0.3, 0.4) is 0 Å². The van der Waals surface area contributed by atoms with Gasteiger partial charge in [0.1, 0.15) is 0 Å². The number of hydrogen-bond acceptors (Lipinski definition) is 4. The van der Waals surface area contributed by atoms with Crippen LogP contribution in [0.1, 0.15) is 76.5 Å². The molecule has 31 heavy (non-hydrogen) atoms. The van der Waals surface area contributed by atoms with Crippen LogP contribution >= 0.6 is 18.7 Å². The predicted molar refractivity (Wildman–Crippen MR) is 136 cm³/mol. The van der Waals surface area contributed by atoms with E-state index in [1.165, 1.54) is 10.9 Å². The second-order valence-corrected chi connectivity index (χ2v) is 13.2. The molecule has 1 aliphatic heterocycles. The van der Waals surface area contributed by atoms with Crippen LogP contribution in [-0.2, 0) is 4.52 Å². The molecule has 2 aromatic rings. The molecule has 3 rings (SSSR count). The Morgan fingerprint density at radius 2 is 1.55 bits per heavy atom. The molecule has 0 aliphatic carbocycles. The molecule has 1 heterocycles. The fourth-order valence-corrected chi connectivity index (χ4v) is 10.2. The fourth-order valence-electron chi connectivity index (χ4n) is 4.61. The van der Waals surface area contributed by atoms with E-state index in [4.69, 9.17) is 21.9 Å². The second kappa shape index (κ2) is 10.7. The molecule has 0 saturated carbocycles. The third-order valence-corrected chi connectivity index (χ3v) is 11.8. The van der Waals surface area contributed by atoms with Crippen LogP contribution in [0, 0.1) is 0 Å². The summed E-state index contributed by atoms with van der Waals surface area (Å²) in [5, 5.41) is 9.90. The molecular weight excluding hydrogens is 425 g/mol. The van der Waals surface area contributed by atoms with Crippen molar-refractivity contribution in [2.45, 2.75) is 71.2 Å². The summed E-state index contributed by atoms with van der Waals surface area (Å²) in [6.45, 7) is 8.40. The monoisotopic (exact) mass is 463 g/mol. The molecule has 0 fully saturated rings. The van der Waals surface area contributed by atoms with Crippen molar-refractivity contribution in [3.05, 3.63) is 64.7 Å². The molecule has 0 bridgehead atoms. The van der Waals surface area contributed by atoms with Crippen molar-refractivity contribution < 1.29 is 4.52 Å². The van der Waals surface area contributed by atoms with Gasteiger partial charge in [0.25, 0.3) is 0 Å². The summed E-state index contributed by atoms with van der Waals surface area (Å²) in [5.74, 6) is -0.122. The first-order valence-corrected chi connectivity index (χ1v) is 14.4. The molecule has 1 aliphatic rings. The Hall–Kier alpha value is -1.00. The Bertz CT molecular complexity index is 835. The standard InChI is InChI=1S/C25H39ClN3OP/c1-4-7-18-28-31(24(27)11-6-3,29-19-8-5-2)23-13-10-9-12-22(23)25(30-31)20-14-16-21(26)17-15-20/h9-10,12-17,24-25,28-29H,4-8,11,18-19,27H2,1-3H3/t24?,25-/m0/s1. The van der Waals surface area contributed by atoms with Crippen LogP contribution in [0.5, 0.6) is 0 Å². The first-order chi connectivity index (χ1) is 15.0. The fraction of sp³-hybridized carbons (Fsp3) is 0.520. The first-order valence-electron chi connectivity index (χ1n) is 11.8. The molecule has 6 heteroatoms. The average Bonchev–Trinajstić information content (AvgIpc) is 3.08. The van der Waals surface area contributed by atoms with Gasteiger partial charge in [-0.15, -0.1) is 0 Å². The predicted octanol–water partition coefficient (Wildman–Crippen LogP) is 6.25.